The summed E-state index contributed by atoms with van der Waals surface area (Å²) in [5, 5.41) is 13.3. The molecule has 8 heteroatoms. The zero-order valence-corrected chi connectivity index (χ0v) is 14.3. The predicted molar refractivity (Wildman–Crippen MR) is 93.1 cm³/mol. The van der Waals surface area contributed by atoms with Gasteiger partial charge in [-0.05, 0) is 37.6 Å². The fourth-order valence-corrected chi connectivity index (χ4v) is 2.63. The summed E-state index contributed by atoms with van der Waals surface area (Å²) >= 11 is 0. The van der Waals surface area contributed by atoms with Crippen LogP contribution in [0.25, 0.3) is 0 Å². The van der Waals surface area contributed by atoms with Crippen LogP contribution in [-0.2, 0) is 11.2 Å². The average Bonchev–Trinajstić information content (AvgIpc) is 2.54. The lowest BCUT2D eigenvalue weighted by atomic mass is 10.0. The highest BCUT2D eigenvalue weighted by Gasteiger charge is 2.22. The minimum atomic E-state index is -1.09. The number of rotatable bonds is 6. The van der Waals surface area contributed by atoms with Gasteiger partial charge in [0.2, 0.25) is 11.7 Å². The Kier molecular flexibility index (Phi) is 5.66. The molecule has 1 atom stereocenters. The summed E-state index contributed by atoms with van der Waals surface area (Å²) in [5.74, 6) is -2.26. The second-order valence-corrected chi connectivity index (χ2v) is 6.05. The Hall–Kier alpha value is -3.29. The standard InChI is InChI=1S/C18H18FN3O4/c1-10-5-11(2)7-13(6-10)18(24)21-15(17(20)23)8-12-3-4-14(19)16(9-12)22(25)26/h3-7,9,15H,8H2,1-2H3,(H2,20,23)(H,21,24)/t15-/m0/s1. The molecule has 0 saturated carbocycles. The maximum Gasteiger partial charge on any atom is 0.305 e. The van der Waals surface area contributed by atoms with Crippen molar-refractivity contribution in [2.75, 3.05) is 0 Å². The van der Waals surface area contributed by atoms with Crippen LogP contribution in [-0.4, -0.2) is 22.8 Å². The van der Waals surface area contributed by atoms with Crippen LogP contribution in [0.3, 0.4) is 0 Å². The van der Waals surface area contributed by atoms with Gasteiger partial charge in [-0.15, -0.1) is 0 Å². The summed E-state index contributed by atoms with van der Waals surface area (Å²) < 4.78 is 13.4. The normalized spacial score (nSPS) is 11.7. The molecule has 2 amide bonds. The lowest BCUT2D eigenvalue weighted by Gasteiger charge is -2.16. The van der Waals surface area contributed by atoms with Crippen LogP contribution in [0, 0.1) is 29.8 Å². The van der Waals surface area contributed by atoms with E-state index in [-0.39, 0.29) is 6.42 Å². The first-order valence-corrected chi connectivity index (χ1v) is 7.78. The van der Waals surface area contributed by atoms with Gasteiger partial charge < -0.3 is 11.1 Å². The SMILES string of the molecule is Cc1cc(C)cc(C(=O)N[C@@H](Cc2ccc(F)c([N+](=O)[O-])c2)C(N)=O)c1. The highest BCUT2D eigenvalue weighted by atomic mass is 19.1. The van der Waals surface area contributed by atoms with Gasteiger partial charge in [-0.3, -0.25) is 19.7 Å². The predicted octanol–water partition coefficient (Wildman–Crippen LogP) is 2.18. The van der Waals surface area contributed by atoms with Crippen molar-refractivity contribution < 1.29 is 18.9 Å². The number of nitro benzene ring substituents is 1. The van der Waals surface area contributed by atoms with Gasteiger partial charge >= 0.3 is 5.69 Å². The van der Waals surface area contributed by atoms with Crippen LogP contribution in [0.15, 0.2) is 36.4 Å². The first kappa shape index (κ1) is 19.0. The number of carbonyl (C=O) groups is 2. The Bertz CT molecular complexity index is 862. The van der Waals surface area contributed by atoms with Gasteiger partial charge in [-0.25, -0.2) is 0 Å². The van der Waals surface area contributed by atoms with E-state index in [1.54, 1.807) is 12.1 Å². The van der Waals surface area contributed by atoms with Gasteiger partial charge in [-0.2, -0.15) is 4.39 Å². The highest BCUT2D eigenvalue weighted by Crippen LogP contribution is 2.19. The van der Waals surface area contributed by atoms with Crippen LogP contribution in [0.1, 0.15) is 27.0 Å². The minimum Gasteiger partial charge on any atom is -0.368 e. The van der Waals surface area contributed by atoms with Crippen molar-refractivity contribution in [1.29, 1.82) is 0 Å². The summed E-state index contributed by atoms with van der Waals surface area (Å²) in [5.41, 5.74) is 7.09. The number of primary amides is 1. The van der Waals surface area contributed by atoms with Gasteiger partial charge in [0.05, 0.1) is 4.92 Å². The Labute approximate surface area is 149 Å². The lowest BCUT2D eigenvalue weighted by Crippen LogP contribution is -2.45. The number of hydrogen-bond acceptors (Lipinski definition) is 4. The van der Waals surface area contributed by atoms with E-state index >= 15 is 0 Å². The molecular weight excluding hydrogens is 341 g/mol. The highest BCUT2D eigenvalue weighted by molar-refractivity contribution is 5.97. The Balaban J connectivity index is 2.22. The summed E-state index contributed by atoms with van der Waals surface area (Å²) in [4.78, 5) is 34.1. The van der Waals surface area contributed by atoms with E-state index in [0.717, 1.165) is 23.3 Å². The summed E-state index contributed by atoms with van der Waals surface area (Å²) in [6, 6.07) is 7.42. The quantitative estimate of drug-likeness (QED) is 0.607. The van der Waals surface area contributed by atoms with Gasteiger partial charge in [0.1, 0.15) is 6.04 Å². The third-order valence-corrected chi connectivity index (χ3v) is 3.78. The zero-order chi connectivity index (χ0) is 19.4. The van der Waals surface area contributed by atoms with Crippen molar-refractivity contribution >= 4 is 17.5 Å². The number of carbonyl (C=O) groups excluding carboxylic acids is 2. The number of amides is 2. The Morgan fingerprint density at radius 1 is 1.19 bits per heavy atom. The number of halogens is 1. The molecule has 26 heavy (non-hydrogen) atoms. The van der Waals surface area contributed by atoms with Crippen LogP contribution in [0.5, 0.6) is 0 Å². The Morgan fingerprint density at radius 3 is 2.35 bits per heavy atom. The fraction of sp³-hybridized carbons (Fsp3) is 0.222. The number of nitrogens with zero attached hydrogens (tertiary/aromatic N) is 1. The molecular formula is C18H18FN3O4. The smallest absolute Gasteiger partial charge is 0.305 e. The molecule has 2 rings (SSSR count). The average molecular weight is 359 g/mol. The third kappa shape index (κ3) is 4.62. The van der Waals surface area contributed by atoms with E-state index in [0.29, 0.717) is 11.1 Å². The number of benzene rings is 2. The molecule has 136 valence electrons. The van der Waals surface area contributed by atoms with E-state index in [1.165, 1.54) is 6.07 Å². The van der Waals surface area contributed by atoms with Crippen molar-refractivity contribution in [3.05, 3.63) is 74.6 Å². The molecule has 0 aliphatic carbocycles. The van der Waals surface area contributed by atoms with Crippen LogP contribution in [0.4, 0.5) is 10.1 Å². The van der Waals surface area contributed by atoms with Crippen LogP contribution < -0.4 is 11.1 Å². The molecule has 0 unspecified atom stereocenters. The molecule has 0 aliphatic rings. The summed E-state index contributed by atoms with van der Waals surface area (Å²) in [6.45, 7) is 3.68. The lowest BCUT2D eigenvalue weighted by molar-refractivity contribution is -0.387. The van der Waals surface area contributed by atoms with E-state index in [1.807, 2.05) is 19.9 Å². The van der Waals surface area contributed by atoms with Gasteiger partial charge in [0, 0.05) is 18.1 Å². The van der Waals surface area contributed by atoms with Gasteiger partial charge in [0.15, 0.2) is 0 Å². The van der Waals surface area contributed by atoms with Crippen LogP contribution >= 0.6 is 0 Å². The molecule has 3 N–H and O–H groups in total. The van der Waals surface area contributed by atoms with Crippen molar-refractivity contribution in [1.82, 2.24) is 5.32 Å². The number of nitro groups is 1. The molecule has 0 radical (unpaired) electrons. The zero-order valence-electron chi connectivity index (χ0n) is 14.3. The Morgan fingerprint density at radius 2 is 1.81 bits per heavy atom. The second-order valence-electron chi connectivity index (χ2n) is 6.05. The van der Waals surface area contributed by atoms with Crippen molar-refractivity contribution in [3.8, 4) is 0 Å². The van der Waals surface area contributed by atoms with Crippen molar-refractivity contribution in [2.24, 2.45) is 5.73 Å². The molecule has 2 aromatic rings. The molecule has 7 nitrogen and oxygen atoms in total. The van der Waals surface area contributed by atoms with E-state index in [4.69, 9.17) is 5.73 Å². The van der Waals surface area contributed by atoms with Gasteiger partial charge in [-0.1, -0.05) is 23.3 Å². The van der Waals surface area contributed by atoms with E-state index < -0.39 is 34.3 Å². The maximum absolute atomic E-state index is 13.4. The van der Waals surface area contributed by atoms with E-state index in [9.17, 15) is 24.1 Å². The van der Waals surface area contributed by atoms with Crippen molar-refractivity contribution in [3.63, 3.8) is 0 Å². The van der Waals surface area contributed by atoms with Gasteiger partial charge in [0.25, 0.3) is 5.91 Å². The number of aryl methyl sites for hydroxylation is 2. The fourth-order valence-electron chi connectivity index (χ4n) is 2.63. The molecule has 0 aliphatic heterocycles. The van der Waals surface area contributed by atoms with Crippen LogP contribution in [0.2, 0.25) is 0 Å². The molecule has 2 aromatic carbocycles. The summed E-state index contributed by atoms with van der Waals surface area (Å²) in [6.07, 6.45) is -0.0903. The number of nitrogens with one attached hydrogen (secondary N) is 1. The number of nitrogens with two attached hydrogens (primary N) is 1. The second kappa shape index (κ2) is 7.73. The molecule has 0 heterocycles. The molecule has 0 aromatic heterocycles. The number of hydrogen-bond donors (Lipinski definition) is 2. The first-order chi connectivity index (χ1) is 12.2. The third-order valence-electron chi connectivity index (χ3n) is 3.78. The summed E-state index contributed by atoms with van der Waals surface area (Å²) in [7, 11) is 0. The topological polar surface area (TPSA) is 115 Å². The molecule has 0 bridgehead atoms. The molecule has 0 saturated heterocycles. The monoisotopic (exact) mass is 359 g/mol. The van der Waals surface area contributed by atoms with E-state index in [2.05, 4.69) is 5.32 Å². The molecule has 0 fully saturated rings. The maximum atomic E-state index is 13.4. The molecule has 0 spiro atoms. The largest absolute Gasteiger partial charge is 0.368 e. The first-order valence-electron chi connectivity index (χ1n) is 7.78. The van der Waals surface area contributed by atoms with Crippen molar-refractivity contribution in [2.45, 2.75) is 26.3 Å². The minimum absolute atomic E-state index is 0.0903.